The van der Waals surface area contributed by atoms with Crippen LogP contribution in [0.2, 0.25) is 0 Å². The number of anilines is 1. The van der Waals surface area contributed by atoms with Crippen molar-refractivity contribution in [3.8, 4) is 10.4 Å². The highest BCUT2D eigenvalue weighted by Gasteiger charge is 2.16. The lowest BCUT2D eigenvalue weighted by Gasteiger charge is -1.97. The van der Waals surface area contributed by atoms with Gasteiger partial charge in [0, 0.05) is 19.4 Å². The van der Waals surface area contributed by atoms with Crippen LogP contribution in [0.1, 0.15) is 10.5 Å². The Balaban J connectivity index is 2.55. The van der Waals surface area contributed by atoms with Crippen molar-refractivity contribution in [2.45, 2.75) is 0 Å². The highest BCUT2D eigenvalue weighted by molar-refractivity contribution is 7.19. The summed E-state index contributed by atoms with van der Waals surface area (Å²) in [5.74, 6) is -0.524. The number of hydrogen-bond acceptors (Lipinski definition) is 5. The molecule has 2 aromatic rings. The smallest absolute Gasteiger partial charge is 0.268 e. The molecule has 0 bridgehead atoms. The van der Waals surface area contributed by atoms with Gasteiger partial charge in [-0.15, -0.1) is 0 Å². The van der Waals surface area contributed by atoms with Crippen molar-refractivity contribution in [3.63, 3.8) is 0 Å². The number of carbonyl (C=O) groups is 1. The van der Waals surface area contributed by atoms with Crippen LogP contribution in [0.4, 0.5) is 5.13 Å². The lowest BCUT2D eigenvalue weighted by Crippen LogP contribution is -2.12. The van der Waals surface area contributed by atoms with E-state index in [1.165, 1.54) is 11.3 Å². The fraction of sp³-hybridized carbons (Fsp3) is 0.100. The first-order valence-corrected chi connectivity index (χ1v) is 5.43. The molecule has 16 heavy (non-hydrogen) atoms. The van der Waals surface area contributed by atoms with Crippen molar-refractivity contribution in [1.82, 2.24) is 9.97 Å². The van der Waals surface area contributed by atoms with Crippen LogP contribution in [-0.4, -0.2) is 22.9 Å². The van der Waals surface area contributed by atoms with Crippen LogP contribution in [0.25, 0.3) is 10.4 Å². The zero-order chi connectivity index (χ0) is 11.5. The normalized spacial score (nSPS) is 10.1. The van der Waals surface area contributed by atoms with Gasteiger partial charge < -0.3 is 11.1 Å². The van der Waals surface area contributed by atoms with E-state index in [1.807, 2.05) is 12.1 Å². The third-order valence-corrected chi connectivity index (χ3v) is 3.14. The minimum atomic E-state index is -0.524. The highest BCUT2D eigenvalue weighted by Crippen LogP contribution is 2.32. The van der Waals surface area contributed by atoms with Gasteiger partial charge in [-0.05, 0) is 17.7 Å². The topological polar surface area (TPSA) is 80.9 Å². The molecule has 2 heterocycles. The lowest BCUT2D eigenvalue weighted by atomic mass is 10.2. The van der Waals surface area contributed by atoms with Gasteiger partial charge in [0.25, 0.3) is 5.91 Å². The number of carbonyl (C=O) groups excluding carboxylic acids is 1. The number of nitrogens with two attached hydrogens (primary N) is 1. The molecule has 0 saturated heterocycles. The Labute approximate surface area is 96.3 Å². The maximum absolute atomic E-state index is 11.2. The minimum Gasteiger partial charge on any atom is -0.365 e. The fourth-order valence-electron chi connectivity index (χ4n) is 1.29. The number of nitrogens with zero attached hydrogens (tertiary/aromatic N) is 2. The summed E-state index contributed by atoms with van der Waals surface area (Å²) in [7, 11) is 1.75. The lowest BCUT2D eigenvalue weighted by molar-refractivity contribution is 0.0997. The molecule has 1 amide bonds. The van der Waals surface area contributed by atoms with Gasteiger partial charge in [0.2, 0.25) is 0 Å². The highest BCUT2D eigenvalue weighted by atomic mass is 32.1. The molecule has 0 fully saturated rings. The van der Waals surface area contributed by atoms with Crippen LogP contribution in [-0.2, 0) is 0 Å². The molecule has 0 aliphatic heterocycles. The Morgan fingerprint density at radius 2 is 2.12 bits per heavy atom. The van der Waals surface area contributed by atoms with Crippen LogP contribution in [0, 0.1) is 0 Å². The van der Waals surface area contributed by atoms with E-state index >= 15 is 0 Å². The number of pyridine rings is 1. The number of thiazole rings is 1. The summed E-state index contributed by atoms with van der Waals surface area (Å²) in [4.78, 5) is 20.1. The standard InChI is InChI=1S/C10H10N4OS/c1-12-10-14-7(9(11)15)8(16-10)6-2-4-13-5-3-6/h2-5H,1H3,(H2,11,15)(H,12,14). The quantitative estimate of drug-likeness (QED) is 0.839. The van der Waals surface area contributed by atoms with E-state index < -0.39 is 5.91 Å². The van der Waals surface area contributed by atoms with Crippen molar-refractivity contribution in [3.05, 3.63) is 30.2 Å². The second-order valence-corrected chi connectivity index (χ2v) is 4.05. The van der Waals surface area contributed by atoms with Gasteiger partial charge in [-0.3, -0.25) is 9.78 Å². The van der Waals surface area contributed by atoms with E-state index in [1.54, 1.807) is 19.4 Å². The number of amides is 1. The van der Waals surface area contributed by atoms with Gasteiger partial charge in [0.05, 0.1) is 4.88 Å². The predicted molar refractivity (Wildman–Crippen MR) is 63.4 cm³/mol. The van der Waals surface area contributed by atoms with Gasteiger partial charge in [-0.2, -0.15) is 0 Å². The summed E-state index contributed by atoms with van der Waals surface area (Å²) >= 11 is 1.39. The number of aromatic nitrogens is 2. The SMILES string of the molecule is CNc1nc(C(N)=O)c(-c2ccncc2)s1. The van der Waals surface area contributed by atoms with Crippen molar-refractivity contribution in [2.75, 3.05) is 12.4 Å². The maximum Gasteiger partial charge on any atom is 0.268 e. The summed E-state index contributed by atoms with van der Waals surface area (Å²) in [5.41, 5.74) is 6.47. The fourth-order valence-corrected chi connectivity index (χ4v) is 2.22. The van der Waals surface area contributed by atoms with Crippen molar-refractivity contribution in [1.29, 1.82) is 0 Å². The van der Waals surface area contributed by atoms with Crippen molar-refractivity contribution >= 4 is 22.4 Å². The zero-order valence-corrected chi connectivity index (χ0v) is 9.41. The van der Waals surface area contributed by atoms with E-state index in [2.05, 4.69) is 15.3 Å². The average molecular weight is 234 g/mol. The van der Waals surface area contributed by atoms with E-state index in [-0.39, 0.29) is 0 Å². The Morgan fingerprint density at radius 3 is 2.69 bits per heavy atom. The van der Waals surface area contributed by atoms with E-state index in [4.69, 9.17) is 5.73 Å². The Morgan fingerprint density at radius 1 is 1.44 bits per heavy atom. The number of hydrogen-bond donors (Lipinski definition) is 2. The first kappa shape index (κ1) is 10.6. The molecule has 5 nitrogen and oxygen atoms in total. The third-order valence-electron chi connectivity index (χ3n) is 2.02. The summed E-state index contributed by atoms with van der Waals surface area (Å²) in [6.07, 6.45) is 3.33. The van der Waals surface area contributed by atoms with Gasteiger partial charge in [-0.25, -0.2) is 4.98 Å². The van der Waals surface area contributed by atoms with Crippen molar-refractivity contribution in [2.24, 2.45) is 5.73 Å². The molecule has 0 radical (unpaired) electrons. The number of primary amides is 1. The molecule has 0 unspecified atom stereocenters. The maximum atomic E-state index is 11.2. The molecule has 0 aliphatic rings. The van der Waals surface area contributed by atoms with Crippen LogP contribution in [0.3, 0.4) is 0 Å². The van der Waals surface area contributed by atoms with Gasteiger partial charge >= 0.3 is 0 Å². The Bertz CT molecular complexity index is 509. The van der Waals surface area contributed by atoms with Crippen LogP contribution in [0.5, 0.6) is 0 Å². The summed E-state index contributed by atoms with van der Waals surface area (Å²) in [5, 5.41) is 3.56. The Hall–Kier alpha value is -1.95. The van der Waals surface area contributed by atoms with Crippen LogP contribution < -0.4 is 11.1 Å². The predicted octanol–water partition coefficient (Wildman–Crippen LogP) is 1.35. The molecule has 2 aromatic heterocycles. The monoisotopic (exact) mass is 234 g/mol. The largest absolute Gasteiger partial charge is 0.365 e. The van der Waals surface area contributed by atoms with Gasteiger partial charge in [0.15, 0.2) is 5.13 Å². The molecule has 0 aromatic carbocycles. The second kappa shape index (κ2) is 4.28. The zero-order valence-electron chi connectivity index (χ0n) is 8.60. The summed E-state index contributed by atoms with van der Waals surface area (Å²) in [6.45, 7) is 0. The van der Waals surface area contributed by atoms with Crippen LogP contribution >= 0.6 is 11.3 Å². The van der Waals surface area contributed by atoms with Crippen LogP contribution in [0.15, 0.2) is 24.5 Å². The van der Waals surface area contributed by atoms with Crippen molar-refractivity contribution < 1.29 is 4.79 Å². The second-order valence-electron chi connectivity index (χ2n) is 3.05. The summed E-state index contributed by atoms with van der Waals surface area (Å²) in [6, 6.07) is 3.64. The first-order chi connectivity index (χ1) is 7.72. The summed E-state index contributed by atoms with van der Waals surface area (Å²) < 4.78 is 0. The molecule has 3 N–H and O–H groups in total. The number of nitrogens with one attached hydrogen (secondary N) is 1. The average Bonchev–Trinajstić information content (AvgIpc) is 2.74. The van der Waals surface area contributed by atoms with E-state index in [0.717, 1.165) is 10.4 Å². The Kier molecular flexibility index (Phi) is 2.82. The minimum absolute atomic E-state index is 0.292. The molecule has 82 valence electrons. The third kappa shape index (κ3) is 1.87. The molecule has 0 saturated carbocycles. The molecule has 0 atom stereocenters. The van der Waals surface area contributed by atoms with E-state index in [9.17, 15) is 4.79 Å². The molecular weight excluding hydrogens is 224 g/mol. The molecule has 2 rings (SSSR count). The van der Waals surface area contributed by atoms with E-state index in [0.29, 0.717) is 10.8 Å². The first-order valence-electron chi connectivity index (χ1n) is 4.61. The molecular formula is C10H10N4OS. The van der Waals surface area contributed by atoms with Gasteiger partial charge in [-0.1, -0.05) is 11.3 Å². The van der Waals surface area contributed by atoms with Gasteiger partial charge in [0.1, 0.15) is 5.69 Å². The number of rotatable bonds is 3. The molecule has 0 aliphatic carbocycles. The molecule has 0 spiro atoms. The molecule has 6 heteroatoms.